The number of piperidine rings is 2. The van der Waals surface area contributed by atoms with Crippen molar-refractivity contribution in [1.82, 2.24) is 10.2 Å². The number of rotatable bonds is 5. The van der Waals surface area contributed by atoms with Gasteiger partial charge in [0.2, 0.25) is 0 Å². The Morgan fingerprint density at radius 1 is 0.657 bits per heavy atom. The largest absolute Gasteiger partial charge is 0.488 e. The lowest BCUT2D eigenvalue weighted by molar-refractivity contribution is -0.276. The summed E-state index contributed by atoms with van der Waals surface area (Å²) in [6.45, 7) is 30.6. The number of alkyl halides is 1. The predicted octanol–water partition coefficient (Wildman–Crippen LogP) is 11.9. The summed E-state index contributed by atoms with van der Waals surface area (Å²) in [5, 5.41) is 29.3. The number of nitrogens with one attached hydrogen (secondary N) is 1. The number of hydrogen-bond donors (Lipinski definition) is 3. The molecule has 0 unspecified atom stereocenters. The molecule has 3 N–H and O–H groups in total. The van der Waals surface area contributed by atoms with Crippen LogP contribution >= 0.6 is 15.9 Å². The summed E-state index contributed by atoms with van der Waals surface area (Å²) in [6.07, 6.45) is 18.1. The van der Waals surface area contributed by atoms with Gasteiger partial charge in [-0.1, -0.05) is 95.6 Å². The van der Waals surface area contributed by atoms with Crippen LogP contribution in [0.15, 0.2) is 24.3 Å². The molecular weight excluding hydrogens is 893 g/mol. The van der Waals surface area contributed by atoms with Crippen LogP contribution in [-0.4, -0.2) is 75.6 Å². The molecule has 7 heteroatoms. The second-order valence-corrected chi connectivity index (χ2v) is 29.2. The summed E-state index contributed by atoms with van der Waals surface area (Å²) in [5.74, 6) is 4.90. The Morgan fingerprint density at radius 3 is 1.64 bits per heavy atom. The molecule has 14 atom stereocenters. The monoisotopic (exact) mass is 979 g/mol. The standard InChI is InChI=1S/C30H43NO2.C26H37NO2.C4H7Br/c1-18-7-10-20-15-22-29-12-11-27(5,21(16-29)28(6,32)26(2,3)4)25-30(29,23(20)24(18)33-25)13-14-31(22)17-19-8-9-19;1-15-7-8-16-13-18-25-10-9-23(5,17(14-25)24(6,28)22(2,3)4)21-26(25,11-12-27-18)19(16)20(15)29-21;5-3-4-1-2-4/h7,10,19,21-22,25,32H,8-9,11-17H2,1-6H3;7-8,17-18,21,27-28H,9-14H2,1-6H3;4H,1-3H2/t21-,22+,25-,27-,28-,29+,30-;17-,18+,21-,23-,24-,25+,26-;/m00./s1. The molecule has 0 radical (unpaired) electrons. The van der Waals surface area contributed by atoms with E-state index in [1.165, 1.54) is 111 Å². The predicted molar refractivity (Wildman–Crippen MR) is 274 cm³/mol. The van der Waals surface area contributed by atoms with Crippen molar-refractivity contribution in [3.05, 3.63) is 57.6 Å². The van der Waals surface area contributed by atoms with Crippen LogP contribution < -0.4 is 14.8 Å². The number of hydrogen-bond acceptors (Lipinski definition) is 6. The molecule has 10 fully saturated rings. The van der Waals surface area contributed by atoms with Gasteiger partial charge >= 0.3 is 0 Å². The number of aliphatic hydroxyl groups is 2. The van der Waals surface area contributed by atoms with Gasteiger partial charge in [-0.15, -0.1) is 0 Å². The molecule has 6 nitrogen and oxygen atoms in total. The molecule has 8 saturated carbocycles. The Kier molecular flexibility index (Phi) is 9.92. The summed E-state index contributed by atoms with van der Waals surface area (Å²) >= 11 is 3.38. The molecule has 368 valence electrons. The van der Waals surface area contributed by atoms with E-state index in [1.807, 2.05) is 0 Å². The van der Waals surface area contributed by atoms with Crippen LogP contribution in [0, 0.1) is 70.0 Å². The minimum absolute atomic E-state index is 0.000486. The van der Waals surface area contributed by atoms with Gasteiger partial charge in [-0.05, 0) is 193 Å². The maximum absolute atomic E-state index is 12.2. The molecule has 0 aromatic heterocycles. The smallest absolute Gasteiger partial charge is 0.126 e. The first kappa shape index (κ1) is 46.4. The van der Waals surface area contributed by atoms with Gasteiger partial charge in [-0.25, -0.2) is 0 Å². The fourth-order valence-electron chi connectivity index (χ4n) is 18.9. The van der Waals surface area contributed by atoms with Gasteiger partial charge < -0.3 is 25.0 Å². The van der Waals surface area contributed by atoms with Crippen molar-refractivity contribution in [2.24, 2.45) is 56.2 Å². The third-order valence-electron chi connectivity index (χ3n) is 23.8. The molecule has 16 rings (SSSR count). The van der Waals surface area contributed by atoms with Gasteiger partial charge in [0.25, 0.3) is 0 Å². The van der Waals surface area contributed by atoms with E-state index in [2.05, 4.69) is 133 Å². The minimum Gasteiger partial charge on any atom is -0.488 e. The van der Waals surface area contributed by atoms with E-state index in [1.54, 1.807) is 16.7 Å². The van der Waals surface area contributed by atoms with Crippen LogP contribution in [0.3, 0.4) is 0 Å². The van der Waals surface area contributed by atoms with E-state index in [0.29, 0.717) is 12.1 Å². The van der Waals surface area contributed by atoms with Gasteiger partial charge in [0, 0.05) is 62.2 Å². The van der Waals surface area contributed by atoms with Crippen LogP contribution in [0.25, 0.3) is 0 Å². The molecular formula is C60H87BrN2O4. The number of ether oxygens (including phenoxy) is 2. The van der Waals surface area contributed by atoms with Crippen molar-refractivity contribution >= 4 is 15.9 Å². The lowest BCUT2D eigenvalue weighted by atomic mass is 9.31. The lowest BCUT2D eigenvalue weighted by Gasteiger charge is -2.75. The molecule has 67 heavy (non-hydrogen) atoms. The summed E-state index contributed by atoms with van der Waals surface area (Å²) < 4.78 is 14.2. The second-order valence-electron chi connectivity index (χ2n) is 28.5. The first-order valence-electron chi connectivity index (χ1n) is 27.5. The fraction of sp³-hybridized carbons (Fsp3) is 0.800. The average Bonchev–Trinajstić information content (AvgIpc) is 4.20. The van der Waals surface area contributed by atoms with Crippen LogP contribution in [0.1, 0.15) is 180 Å². The van der Waals surface area contributed by atoms with Gasteiger partial charge in [-0.2, -0.15) is 0 Å². The Labute approximate surface area is 413 Å². The topological polar surface area (TPSA) is 74.2 Å². The Balaban J connectivity index is 0.000000127. The van der Waals surface area contributed by atoms with Crippen molar-refractivity contribution in [3.8, 4) is 11.5 Å². The number of fused-ring (bicyclic) bond motifs is 4. The van der Waals surface area contributed by atoms with Gasteiger partial charge in [0.15, 0.2) is 0 Å². The Hall–Kier alpha value is -1.64. The highest BCUT2D eigenvalue weighted by molar-refractivity contribution is 9.09. The number of aryl methyl sites for hydroxylation is 2. The molecule has 2 saturated heterocycles. The zero-order chi connectivity index (χ0) is 47.5. The zero-order valence-corrected chi connectivity index (χ0v) is 45.3. The van der Waals surface area contributed by atoms with Gasteiger partial charge in [0.05, 0.1) is 11.2 Å². The summed E-state index contributed by atoms with van der Waals surface area (Å²) in [7, 11) is 0. The number of nitrogens with zero attached hydrogens (tertiary/aromatic N) is 1. The van der Waals surface area contributed by atoms with Gasteiger partial charge in [-0.3, -0.25) is 4.90 Å². The third-order valence-corrected chi connectivity index (χ3v) is 24.8. The Morgan fingerprint density at radius 2 is 1.15 bits per heavy atom. The second kappa shape index (κ2) is 14.3. The first-order chi connectivity index (χ1) is 31.4. The highest BCUT2D eigenvalue weighted by Crippen LogP contribution is 2.81. The van der Waals surface area contributed by atoms with Crippen LogP contribution in [0.4, 0.5) is 0 Å². The van der Waals surface area contributed by atoms with E-state index in [-0.39, 0.29) is 67.4 Å². The summed E-state index contributed by atoms with van der Waals surface area (Å²) in [6, 6.07) is 10.5. The van der Waals surface area contributed by atoms with Crippen molar-refractivity contribution in [3.63, 3.8) is 0 Å². The molecule has 2 aromatic carbocycles. The van der Waals surface area contributed by atoms with E-state index >= 15 is 0 Å². The van der Waals surface area contributed by atoms with E-state index < -0.39 is 11.2 Å². The maximum atomic E-state index is 12.2. The Bertz CT molecular complexity index is 2370. The molecule has 4 aliphatic heterocycles. The fourth-order valence-corrected chi connectivity index (χ4v) is 19.6. The van der Waals surface area contributed by atoms with Crippen molar-refractivity contribution in [2.75, 3.05) is 25.0 Å². The number of likely N-dealkylation sites (tertiary alicyclic amines) is 1. The number of halogens is 1. The molecule has 4 heterocycles. The molecule has 14 aliphatic rings. The van der Waals surface area contributed by atoms with Crippen molar-refractivity contribution < 1.29 is 19.7 Å². The average molecular weight is 980 g/mol. The SMILES string of the molecule is BrCC1CC1.Cc1ccc2c3c1O[C@H]1[C@@]4(C)CC[C@@]5(C[C@@H]4[C@](C)(O)C(C)(C)C)[C@@H](C2)N(CC2CC2)CC[C@]315.Cc1ccc2c3c1O[C@H]1[C@@]4(C)CC[C@@]5(C[C@@H]4[C@](C)(O)C(C)(C)C)[C@@H](C2)NCC[C@]315. The lowest BCUT2D eigenvalue weighted by Crippen LogP contribution is -2.80. The maximum Gasteiger partial charge on any atom is 0.126 e. The normalized spacial score (nSPS) is 43.8. The van der Waals surface area contributed by atoms with Crippen molar-refractivity contribution in [2.45, 2.75) is 219 Å². The quantitative estimate of drug-likeness (QED) is 0.259. The zero-order valence-electron chi connectivity index (χ0n) is 43.7. The highest BCUT2D eigenvalue weighted by Gasteiger charge is 2.82. The van der Waals surface area contributed by atoms with E-state index in [4.69, 9.17) is 9.47 Å². The number of benzene rings is 2. The molecule has 2 aromatic rings. The molecule has 0 amide bonds. The summed E-state index contributed by atoms with van der Waals surface area (Å²) in [5.41, 5.74) is 7.83. The minimum atomic E-state index is -0.724. The van der Waals surface area contributed by atoms with Crippen LogP contribution in [0.2, 0.25) is 0 Å². The molecule has 8 bridgehead atoms. The van der Waals surface area contributed by atoms with Gasteiger partial charge in [0.1, 0.15) is 23.7 Å². The highest BCUT2D eigenvalue weighted by atomic mass is 79.9. The summed E-state index contributed by atoms with van der Waals surface area (Å²) in [4.78, 5) is 2.91. The first-order valence-corrected chi connectivity index (χ1v) is 28.6. The molecule has 10 aliphatic carbocycles. The van der Waals surface area contributed by atoms with E-state index in [9.17, 15) is 10.2 Å². The van der Waals surface area contributed by atoms with Crippen LogP contribution in [-0.2, 0) is 23.7 Å². The van der Waals surface area contributed by atoms with Crippen LogP contribution in [0.5, 0.6) is 11.5 Å². The third kappa shape index (κ3) is 5.71. The molecule has 4 spiro atoms. The van der Waals surface area contributed by atoms with E-state index in [0.717, 1.165) is 44.1 Å². The van der Waals surface area contributed by atoms with Crippen molar-refractivity contribution in [1.29, 1.82) is 0 Å².